The van der Waals surface area contributed by atoms with Gasteiger partial charge in [0, 0.05) is 28.1 Å². The Balaban J connectivity index is 1.09. The number of carbonyl (C=O) groups excluding carboxylic acids is 1. The molecule has 1 amide bonds. The van der Waals surface area contributed by atoms with Crippen LogP contribution in [-0.2, 0) is 18.6 Å². The molecule has 4 aliphatic rings. The summed E-state index contributed by atoms with van der Waals surface area (Å²) in [7, 11) is 0. The Bertz CT molecular complexity index is 1530. The van der Waals surface area contributed by atoms with Gasteiger partial charge < -0.3 is 20.5 Å². The zero-order chi connectivity index (χ0) is 28.5. The lowest BCUT2D eigenvalue weighted by molar-refractivity contribution is -0.00649. The van der Waals surface area contributed by atoms with Crippen molar-refractivity contribution >= 4 is 17.3 Å². The number of rotatable bonds is 9. The van der Waals surface area contributed by atoms with Crippen LogP contribution in [0.25, 0.3) is 0 Å². The highest BCUT2D eigenvalue weighted by Crippen LogP contribution is 2.62. The highest BCUT2D eigenvalue weighted by Gasteiger charge is 2.52. The van der Waals surface area contributed by atoms with Crippen molar-refractivity contribution in [1.82, 2.24) is 0 Å². The maximum absolute atomic E-state index is 13.5. The molecule has 8 rings (SSSR count). The minimum absolute atomic E-state index is 0.109. The van der Waals surface area contributed by atoms with Crippen LogP contribution in [0.4, 0.5) is 11.4 Å². The fourth-order valence-electron chi connectivity index (χ4n) is 8.05. The lowest BCUT2D eigenvalue weighted by Gasteiger charge is -2.57. The van der Waals surface area contributed by atoms with Gasteiger partial charge >= 0.3 is 0 Å². The van der Waals surface area contributed by atoms with E-state index in [0.717, 1.165) is 46.1 Å². The van der Waals surface area contributed by atoms with Crippen molar-refractivity contribution in [3.63, 3.8) is 0 Å². The number of carbonyl (C=O) groups is 1. The summed E-state index contributed by atoms with van der Waals surface area (Å²) in [6, 6.07) is 31.5. The third kappa shape index (κ3) is 5.48. The third-order valence-electron chi connectivity index (χ3n) is 9.65. The highest BCUT2D eigenvalue weighted by molar-refractivity contribution is 6.04. The molecule has 4 bridgehead atoms. The molecule has 3 N–H and O–H groups in total. The van der Waals surface area contributed by atoms with Gasteiger partial charge in [-0.1, -0.05) is 48.5 Å². The van der Waals surface area contributed by atoms with Crippen LogP contribution in [0.2, 0.25) is 0 Å². The summed E-state index contributed by atoms with van der Waals surface area (Å²) in [5.41, 5.74) is 11.6. The molecular formula is C37H38N2O3. The highest BCUT2D eigenvalue weighted by atomic mass is 16.5. The molecule has 5 heteroatoms. The lowest BCUT2D eigenvalue weighted by Crippen LogP contribution is -2.48. The smallest absolute Gasteiger partial charge is 0.255 e. The Labute approximate surface area is 248 Å². The molecule has 0 unspecified atom stereocenters. The van der Waals surface area contributed by atoms with Crippen molar-refractivity contribution in [2.24, 2.45) is 17.8 Å². The van der Waals surface area contributed by atoms with Gasteiger partial charge in [-0.25, -0.2) is 0 Å². The van der Waals surface area contributed by atoms with E-state index in [2.05, 4.69) is 23.5 Å². The van der Waals surface area contributed by atoms with Crippen molar-refractivity contribution in [2.45, 2.75) is 57.2 Å². The van der Waals surface area contributed by atoms with Gasteiger partial charge in [-0.15, -0.1) is 0 Å². The maximum atomic E-state index is 13.5. The molecule has 0 saturated heterocycles. The molecule has 4 fully saturated rings. The van der Waals surface area contributed by atoms with Gasteiger partial charge in [-0.05, 0) is 116 Å². The van der Waals surface area contributed by atoms with Crippen LogP contribution >= 0.6 is 0 Å². The molecule has 0 atom stereocenters. The number of nitrogens with two attached hydrogens (primary N) is 1. The van der Waals surface area contributed by atoms with E-state index in [4.69, 9.17) is 15.2 Å². The topological polar surface area (TPSA) is 73.6 Å². The quantitative estimate of drug-likeness (QED) is 0.203. The molecule has 0 aromatic heterocycles. The van der Waals surface area contributed by atoms with E-state index < -0.39 is 0 Å². The van der Waals surface area contributed by atoms with Gasteiger partial charge in [-0.3, -0.25) is 4.79 Å². The zero-order valence-electron chi connectivity index (χ0n) is 23.9. The molecule has 0 spiro atoms. The van der Waals surface area contributed by atoms with Gasteiger partial charge in [-0.2, -0.15) is 0 Å². The van der Waals surface area contributed by atoms with E-state index in [1.165, 1.54) is 44.1 Å². The molecule has 5 nitrogen and oxygen atoms in total. The first-order valence-corrected chi connectivity index (χ1v) is 15.2. The number of ether oxygens (including phenoxy) is 2. The Morgan fingerprint density at radius 3 is 2.12 bits per heavy atom. The summed E-state index contributed by atoms with van der Waals surface area (Å²) in [5.74, 6) is 3.94. The van der Waals surface area contributed by atoms with Crippen molar-refractivity contribution in [2.75, 3.05) is 11.1 Å². The van der Waals surface area contributed by atoms with Crippen LogP contribution < -0.4 is 20.5 Å². The average molecular weight is 559 g/mol. The van der Waals surface area contributed by atoms with Crippen LogP contribution in [0.1, 0.15) is 65.6 Å². The predicted molar refractivity (Wildman–Crippen MR) is 167 cm³/mol. The van der Waals surface area contributed by atoms with Crippen molar-refractivity contribution in [3.8, 4) is 11.5 Å². The first-order valence-electron chi connectivity index (χ1n) is 15.2. The van der Waals surface area contributed by atoms with Gasteiger partial charge in [0.25, 0.3) is 5.91 Å². The summed E-state index contributed by atoms with van der Waals surface area (Å²) < 4.78 is 12.4. The van der Waals surface area contributed by atoms with Crippen LogP contribution in [-0.4, -0.2) is 5.91 Å². The minimum atomic E-state index is -0.110. The summed E-state index contributed by atoms with van der Waals surface area (Å²) in [6.45, 7) is 0.918. The second-order valence-electron chi connectivity index (χ2n) is 12.6. The number of para-hydroxylation sites is 1. The van der Waals surface area contributed by atoms with Crippen LogP contribution in [0.3, 0.4) is 0 Å². The molecule has 0 radical (unpaired) electrons. The second kappa shape index (κ2) is 11.2. The summed E-state index contributed by atoms with van der Waals surface area (Å²) in [6.07, 6.45) is 7.75. The standard InChI is InChI=1S/C37H38N2O3/c38-34-9-5-4-8-30(34)24-41-32-13-11-31(12-14-32)39-36(40)29-10-15-35(42-23-25-6-2-1-3-7-25)33(19-29)37-20-26-16-27(21-37)18-28(17-26)22-37/h1-15,19,26-28H,16-18,20-24,38H2,(H,39,40). The van der Waals surface area contributed by atoms with Gasteiger partial charge in [0.2, 0.25) is 0 Å². The van der Waals surface area contributed by atoms with E-state index >= 15 is 0 Å². The van der Waals surface area contributed by atoms with Crippen LogP contribution in [0, 0.1) is 17.8 Å². The number of hydrogen-bond acceptors (Lipinski definition) is 4. The average Bonchev–Trinajstić information content (AvgIpc) is 3.00. The Kier molecular flexibility index (Phi) is 7.10. The Morgan fingerprint density at radius 2 is 1.43 bits per heavy atom. The maximum Gasteiger partial charge on any atom is 0.255 e. The van der Waals surface area contributed by atoms with Crippen molar-refractivity contribution in [3.05, 3.63) is 119 Å². The number of amides is 1. The molecular weight excluding hydrogens is 520 g/mol. The van der Waals surface area contributed by atoms with Crippen molar-refractivity contribution < 1.29 is 14.3 Å². The normalized spacial score (nSPS) is 23.9. The molecule has 42 heavy (non-hydrogen) atoms. The number of nitrogens with one attached hydrogen (secondary N) is 1. The fraction of sp³-hybridized carbons (Fsp3) is 0.324. The van der Waals surface area contributed by atoms with Gasteiger partial charge in [0.15, 0.2) is 0 Å². The Morgan fingerprint density at radius 1 is 0.762 bits per heavy atom. The summed E-state index contributed by atoms with van der Waals surface area (Å²) in [5, 5.41) is 3.09. The SMILES string of the molecule is Nc1ccccc1COc1ccc(NC(=O)c2ccc(OCc3ccccc3)c(C34CC5CC(CC(C5)C3)C4)c2)cc1. The monoisotopic (exact) mass is 558 g/mol. The molecule has 0 heterocycles. The van der Waals surface area contributed by atoms with E-state index in [9.17, 15) is 4.79 Å². The van der Waals surface area contributed by atoms with E-state index in [1.54, 1.807) is 0 Å². The fourth-order valence-corrected chi connectivity index (χ4v) is 8.05. The second-order valence-corrected chi connectivity index (χ2v) is 12.6. The zero-order valence-corrected chi connectivity index (χ0v) is 23.9. The molecule has 4 aromatic rings. The summed E-state index contributed by atoms with van der Waals surface area (Å²) in [4.78, 5) is 13.5. The molecule has 4 saturated carbocycles. The largest absolute Gasteiger partial charge is 0.489 e. The van der Waals surface area contributed by atoms with E-state index in [0.29, 0.717) is 24.5 Å². The van der Waals surface area contributed by atoms with Gasteiger partial charge in [0.1, 0.15) is 24.7 Å². The summed E-state index contributed by atoms with van der Waals surface area (Å²) >= 11 is 0. The predicted octanol–water partition coefficient (Wildman–Crippen LogP) is 8.15. The first-order chi connectivity index (χ1) is 20.5. The van der Waals surface area contributed by atoms with Gasteiger partial charge in [0.05, 0.1) is 0 Å². The van der Waals surface area contributed by atoms with E-state index in [1.807, 2.05) is 78.9 Å². The number of hydrogen-bond donors (Lipinski definition) is 2. The lowest BCUT2D eigenvalue weighted by atomic mass is 9.48. The Hall–Kier alpha value is -4.25. The van der Waals surface area contributed by atoms with Crippen LogP contribution in [0.5, 0.6) is 11.5 Å². The molecule has 4 aromatic carbocycles. The number of benzene rings is 4. The third-order valence-corrected chi connectivity index (χ3v) is 9.65. The molecule has 0 aliphatic heterocycles. The minimum Gasteiger partial charge on any atom is -0.489 e. The molecule has 4 aliphatic carbocycles. The number of nitrogen functional groups attached to an aromatic ring is 1. The van der Waals surface area contributed by atoms with E-state index in [-0.39, 0.29) is 11.3 Å². The molecule has 214 valence electrons. The first kappa shape index (κ1) is 26.6. The number of anilines is 2. The van der Waals surface area contributed by atoms with Crippen molar-refractivity contribution in [1.29, 1.82) is 0 Å². The van der Waals surface area contributed by atoms with Crippen LogP contribution in [0.15, 0.2) is 97.1 Å².